The fourth-order valence-corrected chi connectivity index (χ4v) is 1.82. The van der Waals surface area contributed by atoms with E-state index < -0.39 is 7.25 Å². The molecule has 0 N–H and O–H groups in total. The minimum Gasteiger partial charge on any atom is -0.418 e. The molecule has 0 atom stereocenters. The average Bonchev–Trinajstić information content (AvgIpc) is 2.52. The van der Waals surface area contributed by atoms with Crippen LogP contribution in [0.15, 0.2) is 66.7 Å². The van der Waals surface area contributed by atoms with Gasteiger partial charge in [0.2, 0.25) is 5.69 Å². The van der Waals surface area contributed by atoms with E-state index in [0.29, 0.717) is 0 Å². The standard InChI is InChI=1S/C17H18N.BF4/c1-2-18(17-13-7-4-8-14-17)15-9-12-16-10-5-3-6-11-16;2-1(3,4)5/h3-15H,2H2,1H3;/q+1;-1. The van der Waals surface area contributed by atoms with Crippen molar-refractivity contribution < 1.29 is 21.8 Å². The van der Waals surface area contributed by atoms with Gasteiger partial charge in [0, 0.05) is 18.2 Å². The summed E-state index contributed by atoms with van der Waals surface area (Å²) in [6, 6.07) is 20.7. The number of rotatable bonds is 4. The lowest BCUT2D eigenvalue weighted by molar-refractivity contribution is -0.430. The molecular weight excluding hydrogens is 305 g/mol. The highest BCUT2D eigenvalue weighted by Gasteiger charge is 2.20. The van der Waals surface area contributed by atoms with Gasteiger partial charge in [-0.2, -0.15) is 4.58 Å². The molecule has 6 heteroatoms. The van der Waals surface area contributed by atoms with Crippen molar-refractivity contribution in [3.63, 3.8) is 0 Å². The number of allylic oxidation sites excluding steroid dienone is 1. The SMILES string of the molecule is CC[N+](=CC=Cc1ccccc1)c1ccccc1.F[B-](F)(F)F. The summed E-state index contributed by atoms with van der Waals surface area (Å²) in [7, 11) is -6.00. The zero-order valence-electron chi connectivity index (χ0n) is 12.7. The van der Waals surface area contributed by atoms with Gasteiger partial charge in [0.15, 0.2) is 6.21 Å². The van der Waals surface area contributed by atoms with Crippen molar-refractivity contribution in [3.05, 3.63) is 72.3 Å². The fraction of sp³-hybridized carbons (Fsp3) is 0.118. The normalized spacial score (nSPS) is 12.0. The van der Waals surface area contributed by atoms with Crippen LogP contribution in [0.25, 0.3) is 6.08 Å². The number of para-hydroxylation sites is 1. The molecule has 0 aromatic heterocycles. The Morgan fingerprint density at radius 1 is 0.870 bits per heavy atom. The van der Waals surface area contributed by atoms with Crippen LogP contribution in [0, 0.1) is 0 Å². The van der Waals surface area contributed by atoms with Crippen LogP contribution in [0.2, 0.25) is 0 Å². The monoisotopic (exact) mass is 323 g/mol. The van der Waals surface area contributed by atoms with Crippen LogP contribution in [-0.4, -0.2) is 24.6 Å². The van der Waals surface area contributed by atoms with E-state index in [9.17, 15) is 17.3 Å². The quantitative estimate of drug-likeness (QED) is 0.305. The van der Waals surface area contributed by atoms with Crippen molar-refractivity contribution in [2.24, 2.45) is 0 Å². The van der Waals surface area contributed by atoms with Crippen LogP contribution in [0.1, 0.15) is 12.5 Å². The van der Waals surface area contributed by atoms with Gasteiger partial charge in [-0.1, -0.05) is 48.5 Å². The fourth-order valence-electron chi connectivity index (χ4n) is 1.82. The molecular formula is C17H18BF4N. The van der Waals surface area contributed by atoms with Crippen LogP contribution in [0.3, 0.4) is 0 Å². The van der Waals surface area contributed by atoms with Gasteiger partial charge in [0.05, 0.1) is 0 Å². The Hall–Kier alpha value is -2.37. The maximum atomic E-state index is 9.75. The third-order valence-electron chi connectivity index (χ3n) is 2.78. The first-order valence-corrected chi connectivity index (χ1v) is 7.15. The smallest absolute Gasteiger partial charge is 0.418 e. The summed E-state index contributed by atoms with van der Waals surface area (Å²) < 4.78 is 41.2. The van der Waals surface area contributed by atoms with Gasteiger partial charge in [-0.25, -0.2) is 0 Å². The van der Waals surface area contributed by atoms with Crippen LogP contribution in [0.5, 0.6) is 0 Å². The van der Waals surface area contributed by atoms with Crippen molar-refractivity contribution in [1.82, 2.24) is 0 Å². The zero-order chi connectivity index (χ0) is 17.1. The first kappa shape index (κ1) is 18.7. The Morgan fingerprint density at radius 2 is 1.35 bits per heavy atom. The van der Waals surface area contributed by atoms with Gasteiger partial charge in [-0.05, 0) is 18.6 Å². The van der Waals surface area contributed by atoms with Gasteiger partial charge in [-0.3, -0.25) is 0 Å². The molecule has 0 aliphatic rings. The molecule has 0 unspecified atom stereocenters. The molecule has 122 valence electrons. The predicted octanol–water partition coefficient (Wildman–Crippen LogP) is 5.43. The van der Waals surface area contributed by atoms with Gasteiger partial charge >= 0.3 is 7.25 Å². The molecule has 0 aliphatic heterocycles. The molecule has 2 aromatic rings. The topological polar surface area (TPSA) is 3.01 Å². The van der Waals surface area contributed by atoms with E-state index in [4.69, 9.17) is 0 Å². The van der Waals surface area contributed by atoms with Gasteiger partial charge < -0.3 is 17.3 Å². The summed E-state index contributed by atoms with van der Waals surface area (Å²) >= 11 is 0. The Balaban J connectivity index is 0.000000463. The Bertz CT molecular complexity index is 616. The van der Waals surface area contributed by atoms with E-state index in [1.54, 1.807) is 0 Å². The number of hydrogen-bond donors (Lipinski definition) is 0. The minimum atomic E-state index is -6.00. The summed E-state index contributed by atoms with van der Waals surface area (Å²) in [5.41, 5.74) is 2.44. The maximum absolute atomic E-state index is 9.75. The highest BCUT2D eigenvalue weighted by atomic mass is 19.5. The maximum Gasteiger partial charge on any atom is 0.673 e. The molecule has 0 radical (unpaired) electrons. The first-order valence-electron chi connectivity index (χ1n) is 7.15. The first-order chi connectivity index (χ1) is 10.9. The predicted molar refractivity (Wildman–Crippen MR) is 88.6 cm³/mol. The average molecular weight is 323 g/mol. The molecule has 0 spiro atoms. The summed E-state index contributed by atoms with van der Waals surface area (Å²) in [5, 5.41) is 0. The number of hydrogen-bond acceptors (Lipinski definition) is 0. The highest BCUT2D eigenvalue weighted by molar-refractivity contribution is 6.50. The van der Waals surface area contributed by atoms with Crippen LogP contribution >= 0.6 is 0 Å². The molecule has 0 saturated carbocycles. The van der Waals surface area contributed by atoms with Gasteiger partial charge in [0.25, 0.3) is 0 Å². The summed E-state index contributed by atoms with van der Waals surface area (Å²) in [4.78, 5) is 0. The van der Waals surface area contributed by atoms with Gasteiger partial charge in [-0.15, -0.1) is 0 Å². The second-order valence-electron chi connectivity index (χ2n) is 4.54. The minimum absolute atomic E-state index is 0.961. The van der Waals surface area contributed by atoms with Crippen molar-refractivity contribution in [2.45, 2.75) is 6.92 Å². The molecule has 0 amide bonds. The lowest BCUT2D eigenvalue weighted by atomic mass is 10.2. The summed E-state index contributed by atoms with van der Waals surface area (Å²) in [6.07, 6.45) is 6.32. The van der Waals surface area contributed by atoms with Crippen LogP contribution in [-0.2, 0) is 0 Å². The second-order valence-corrected chi connectivity index (χ2v) is 4.54. The van der Waals surface area contributed by atoms with Crippen molar-refractivity contribution in [3.8, 4) is 0 Å². The lowest BCUT2D eigenvalue weighted by Crippen LogP contribution is -2.04. The van der Waals surface area contributed by atoms with E-state index in [0.717, 1.165) is 6.54 Å². The third-order valence-corrected chi connectivity index (χ3v) is 2.78. The van der Waals surface area contributed by atoms with E-state index in [-0.39, 0.29) is 0 Å². The van der Waals surface area contributed by atoms with Crippen molar-refractivity contribution in [1.29, 1.82) is 0 Å². The van der Waals surface area contributed by atoms with E-state index in [2.05, 4.69) is 78.4 Å². The van der Waals surface area contributed by atoms with E-state index in [1.807, 2.05) is 12.1 Å². The van der Waals surface area contributed by atoms with E-state index in [1.165, 1.54) is 11.3 Å². The molecule has 0 bridgehead atoms. The summed E-state index contributed by atoms with van der Waals surface area (Å²) in [6.45, 7) is 3.11. The molecule has 23 heavy (non-hydrogen) atoms. The molecule has 0 saturated heterocycles. The Kier molecular flexibility index (Phi) is 7.81. The Morgan fingerprint density at radius 3 is 1.83 bits per heavy atom. The molecule has 2 rings (SSSR count). The van der Waals surface area contributed by atoms with Crippen LogP contribution < -0.4 is 0 Å². The Labute approximate surface area is 133 Å². The van der Waals surface area contributed by atoms with Crippen molar-refractivity contribution in [2.75, 3.05) is 6.54 Å². The van der Waals surface area contributed by atoms with Gasteiger partial charge in [0.1, 0.15) is 6.54 Å². The number of nitrogens with zero attached hydrogens (tertiary/aromatic N) is 1. The largest absolute Gasteiger partial charge is 0.673 e. The molecule has 1 nitrogen and oxygen atoms in total. The zero-order valence-corrected chi connectivity index (χ0v) is 12.7. The third kappa shape index (κ3) is 9.29. The van der Waals surface area contributed by atoms with Crippen molar-refractivity contribution >= 4 is 25.2 Å². The summed E-state index contributed by atoms with van der Waals surface area (Å²) in [5.74, 6) is 0. The van der Waals surface area contributed by atoms with Crippen LogP contribution in [0.4, 0.5) is 23.0 Å². The number of benzene rings is 2. The lowest BCUT2D eigenvalue weighted by Gasteiger charge is -1.97. The molecule has 0 fully saturated rings. The molecule has 0 aliphatic carbocycles. The number of halogens is 4. The second kappa shape index (κ2) is 9.61. The molecule has 2 aromatic carbocycles. The highest BCUT2D eigenvalue weighted by Crippen LogP contribution is 2.09. The van der Waals surface area contributed by atoms with E-state index >= 15 is 0 Å². The molecule has 0 heterocycles.